The lowest BCUT2D eigenvalue weighted by atomic mass is 9.91. The third-order valence-corrected chi connectivity index (χ3v) is 10.4. The SMILES string of the molecule is C1CCC(NC2CCCCC2)CC1.C1CCC(NC2CCCCC2)CC1.COC(OC)c1cc(O)ccc1C[C@H](CC(=O)O)C(=O)O. The number of aliphatic carboxylic acids is 2. The summed E-state index contributed by atoms with van der Waals surface area (Å²) in [7, 11) is 2.82. The van der Waals surface area contributed by atoms with E-state index in [2.05, 4.69) is 10.6 Å². The molecule has 0 amide bonds. The second kappa shape index (κ2) is 22.4. The molecule has 0 aliphatic heterocycles. The van der Waals surface area contributed by atoms with Gasteiger partial charge in [0.05, 0.1) is 12.3 Å². The van der Waals surface area contributed by atoms with E-state index >= 15 is 0 Å². The highest BCUT2D eigenvalue weighted by molar-refractivity contribution is 5.78. The molecule has 9 nitrogen and oxygen atoms in total. The normalized spacial score (nSPS) is 20.8. The van der Waals surface area contributed by atoms with Gasteiger partial charge in [-0.1, -0.05) is 83.1 Å². The van der Waals surface area contributed by atoms with Crippen molar-refractivity contribution in [2.24, 2.45) is 5.92 Å². The van der Waals surface area contributed by atoms with Crippen molar-refractivity contribution in [2.75, 3.05) is 14.2 Å². The Kier molecular flexibility index (Phi) is 18.7. The number of phenolic OH excluding ortho intramolecular Hbond substituents is 1. The van der Waals surface area contributed by atoms with Gasteiger partial charge in [0.15, 0.2) is 6.29 Å². The average molecular weight is 661 g/mol. The molecule has 5 N–H and O–H groups in total. The van der Waals surface area contributed by atoms with Gasteiger partial charge in [-0.25, -0.2) is 0 Å². The molecule has 9 heteroatoms. The molecular weight excluding hydrogens is 596 g/mol. The van der Waals surface area contributed by atoms with Crippen molar-refractivity contribution < 1.29 is 34.4 Å². The molecule has 1 aromatic rings. The molecule has 4 fully saturated rings. The quantitative estimate of drug-likeness (QED) is 0.142. The minimum Gasteiger partial charge on any atom is -0.508 e. The smallest absolute Gasteiger partial charge is 0.307 e. The molecule has 4 aliphatic carbocycles. The van der Waals surface area contributed by atoms with E-state index < -0.39 is 30.6 Å². The zero-order chi connectivity index (χ0) is 33.9. The van der Waals surface area contributed by atoms with Crippen LogP contribution in [0.4, 0.5) is 0 Å². The summed E-state index contributed by atoms with van der Waals surface area (Å²) in [5.74, 6) is -3.46. The number of nitrogens with one attached hydrogen (secondary N) is 2. The van der Waals surface area contributed by atoms with Crippen molar-refractivity contribution in [3.63, 3.8) is 0 Å². The molecule has 4 aliphatic rings. The van der Waals surface area contributed by atoms with Crippen molar-refractivity contribution in [3.05, 3.63) is 29.3 Å². The first-order valence-corrected chi connectivity index (χ1v) is 18.6. The topological polar surface area (TPSA) is 137 Å². The molecular formula is C38H64N2O7. The van der Waals surface area contributed by atoms with E-state index in [0.717, 1.165) is 24.2 Å². The van der Waals surface area contributed by atoms with Crippen LogP contribution in [0.25, 0.3) is 0 Å². The van der Waals surface area contributed by atoms with Crippen molar-refractivity contribution in [1.29, 1.82) is 0 Å². The van der Waals surface area contributed by atoms with Gasteiger partial charge in [0.25, 0.3) is 0 Å². The van der Waals surface area contributed by atoms with Crippen LogP contribution in [0.5, 0.6) is 5.75 Å². The number of benzene rings is 1. The van der Waals surface area contributed by atoms with Crippen LogP contribution in [-0.2, 0) is 25.5 Å². The van der Waals surface area contributed by atoms with Gasteiger partial charge in [-0.3, -0.25) is 9.59 Å². The van der Waals surface area contributed by atoms with Crippen LogP contribution in [0, 0.1) is 5.92 Å². The maximum Gasteiger partial charge on any atom is 0.307 e. The zero-order valence-electron chi connectivity index (χ0n) is 29.2. The Morgan fingerprint density at radius 1 is 0.681 bits per heavy atom. The average Bonchev–Trinajstić information content (AvgIpc) is 3.08. The summed E-state index contributed by atoms with van der Waals surface area (Å²) < 4.78 is 10.2. The highest BCUT2D eigenvalue weighted by Gasteiger charge is 2.25. The highest BCUT2D eigenvalue weighted by Crippen LogP contribution is 2.29. The first-order valence-electron chi connectivity index (χ1n) is 18.6. The second-order valence-corrected chi connectivity index (χ2v) is 14.2. The van der Waals surface area contributed by atoms with Gasteiger partial charge >= 0.3 is 11.9 Å². The van der Waals surface area contributed by atoms with Crippen LogP contribution in [0.1, 0.15) is 152 Å². The molecule has 0 saturated heterocycles. The fraction of sp³-hybridized carbons (Fsp3) is 0.789. The molecule has 0 radical (unpaired) electrons. The predicted octanol–water partition coefficient (Wildman–Crippen LogP) is 7.88. The summed E-state index contributed by atoms with van der Waals surface area (Å²) in [6.07, 6.45) is 27.9. The van der Waals surface area contributed by atoms with Gasteiger partial charge in [0.1, 0.15) is 5.75 Å². The standard InChI is InChI=1S/C14H18O7.2C12H23N/c1-20-14(21-2)11-7-10(15)4-3-8(11)5-9(13(18)19)6-12(16)17;2*1-3-7-11(8-4-1)13-12-9-5-2-6-10-12/h3-4,7,9,14-15H,5-6H2,1-2H3,(H,16,17)(H,18,19);2*11-13H,1-10H2/t9-;;/m1../s1. The number of carboxylic acids is 2. The van der Waals surface area contributed by atoms with Gasteiger partial charge in [-0.2, -0.15) is 0 Å². The maximum absolute atomic E-state index is 11.2. The molecule has 5 rings (SSSR count). The van der Waals surface area contributed by atoms with E-state index in [9.17, 15) is 14.7 Å². The molecule has 1 atom stereocenters. The molecule has 0 spiro atoms. The van der Waals surface area contributed by atoms with E-state index in [0.29, 0.717) is 11.1 Å². The Hall–Kier alpha value is -2.20. The molecule has 4 saturated carbocycles. The molecule has 0 unspecified atom stereocenters. The molecule has 0 bridgehead atoms. The van der Waals surface area contributed by atoms with E-state index in [1.165, 1.54) is 161 Å². The Morgan fingerprint density at radius 2 is 1.06 bits per heavy atom. The number of hydrogen-bond acceptors (Lipinski definition) is 7. The number of carboxylic acid groups (broad SMARTS) is 2. The predicted molar refractivity (Wildman–Crippen MR) is 186 cm³/mol. The largest absolute Gasteiger partial charge is 0.508 e. The van der Waals surface area contributed by atoms with E-state index in [4.69, 9.17) is 19.7 Å². The lowest BCUT2D eigenvalue weighted by molar-refractivity contribution is -0.148. The lowest BCUT2D eigenvalue weighted by Gasteiger charge is -2.30. The van der Waals surface area contributed by atoms with E-state index in [1.807, 2.05) is 0 Å². The summed E-state index contributed by atoms with van der Waals surface area (Å²) in [4.78, 5) is 21.9. The number of hydrogen-bond donors (Lipinski definition) is 5. The number of rotatable bonds is 12. The highest BCUT2D eigenvalue weighted by atomic mass is 16.7. The Bertz CT molecular complexity index is 943. The maximum atomic E-state index is 11.2. The van der Waals surface area contributed by atoms with Gasteiger partial charge in [0, 0.05) is 44.0 Å². The Morgan fingerprint density at radius 3 is 1.38 bits per heavy atom. The number of methoxy groups -OCH3 is 2. The number of carbonyl (C=O) groups is 2. The fourth-order valence-electron chi connectivity index (χ4n) is 7.80. The van der Waals surface area contributed by atoms with Crippen molar-refractivity contribution in [3.8, 4) is 5.75 Å². The van der Waals surface area contributed by atoms with Crippen LogP contribution in [0.15, 0.2) is 18.2 Å². The first kappa shape index (κ1) is 39.2. The Labute approximate surface area is 283 Å². The third kappa shape index (κ3) is 15.3. The molecule has 268 valence electrons. The number of ether oxygens (including phenoxy) is 2. The zero-order valence-corrected chi connectivity index (χ0v) is 29.2. The van der Waals surface area contributed by atoms with Crippen LogP contribution in [0.3, 0.4) is 0 Å². The molecule has 0 heterocycles. The molecule has 47 heavy (non-hydrogen) atoms. The van der Waals surface area contributed by atoms with Gasteiger partial charge < -0.3 is 35.4 Å². The third-order valence-electron chi connectivity index (χ3n) is 10.4. The summed E-state index contributed by atoms with van der Waals surface area (Å²) in [5.41, 5.74) is 1.02. The van der Waals surface area contributed by atoms with Crippen molar-refractivity contribution in [1.82, 2.24) is 10.6 Å². The Balaban J connectivity index is 0.000000200. The monoisotopic (exact) mass is 660 g/mol. The van der Waals surface area contributed by atoms with Crippen molar-refractivity contribution >= 4 is 11.9 Å². The fourth-order valence-corrected chi connectivity index (χ4v) is 7.80. The molecule has 0 aromatic heterocycles. The van der Waals surface area contributed by atoms with Crippen LogP contribution >= 0.6 is 0 Å². The first-order chi connectivity index (χ1) is 22.8. The van der Waals surface area contributed by atoms with Crippen LogP contribution < -0.4 is 10.6 Å². The molecule has 1 aromatic carbocycles. The van der Waals surface area contributed by atoms with Crippen LogP contribution in [0.2, 0.25) is 0 Å². The van der Waals surface area contributed by atoms with E-state index in [-0.39, 0.29) is 12.2 Å². The second-order valence-electron chi connectivity index (χ2n) is 14.2. The van der Waals surface area contributed by atoms with E-state index in [1.54, 1.807) is 0 Å². The van der Waals surface area contributed by atoms with Crippen molar-refractivity contribution in [2.45, 2.75) is 172 Å². The minimum absolute atomic E-state index is 0.000463. The number of phenols is 1. The van der Waals surface area contributed by atoms with Gasteiger partial charge in [-0.15, -0.1) is 0 Å². The van der Waals surface area contributed by atoms with Gasteiger partial charge in [0.2, 0.25) is 0 Å². The summed E-state index contributed by atoms with van der Waals surface area (Å²) in [5, 5.41) is 35.1. The minimum atomic E-state index is -1.19. The summed E-state index contributed by atoms with van der Waals surface area (Å²) in [6, 6.07) is 7.84. The van der Waals surface area contributed by atoms with Crippen LogP contribution in [-0.4, -0.2) is 65.6 Å². The summed E-state index contributed by atoms with van der Waals surface area (Å²) in [6.45, 7) is 0. The number of aromatic hydroxyl groups is 1. The summed E-state index contributed by atoms with van der Waals surface area (Å²) >= 11 is 0. The lowest BCUT2D eigenvalue weighted by Crippen LogP contribution is -2.40. The van der Waals surface area contributed by atoms with Gasteiger partial charge in [-0.05, 0) is 75.5 Å².